The van der Waals surface area contributed by atoms with Gasteiger partial charge in [-0.15, -0.1) is 11.8 Å². The van der Waals surface area contributed by atoms with E-state index in [0.717, 1.165) is 32.7 Å². The van der Waals surface area contributed by atoms with Gasteiger partial charge in [-0.05, 0) is 37.6 Å². The summed E-state index contributed by atoms with van der Waals surface area (Å²) in [6.45, 7) is 3.96. The number of rotatable bonds is 3. The predicted octanol–water partition coefficient (Wildman–Crippen LogP) is 4.15. The van der Waals surface area contributed by atoms with Gasteiger partial charge in [0.05, 0.1) is 11.2 Å². The standard InChI is InChI=1S/C20H17N3OS/c1-13-7-8-19-22-15(10-20(24)23(19)11-13)12-25-18-9-14(2)21-17-6-4-3-5-16(17)18/h3-11H,12H2,1-2H3. The molecular formula is C20H17N3OS. The first-order chi connectivity index (χ1) is 12.1. The lowest BCUT2D eigenvalue weighted by atomic mass is 10.2. The molecule has 5 heteroatoms. The lowest BCUT2D eigenvalue weighted by Gasteiger charge is -2.08. The second-order valence-electron chi connectivity index (χ2n) is 6.09. The molecule has 25 heavy (non-hydrogen) atoms. The molecule has 3 heterocycles. The Morgan fingerprint density at radius 3 is 2.76 bits per heavy atom. The van der Waals surface area contributed by atoms with Gasteiger partial charge >= 0.3 is 0 Å². The molecular weight excluding hydrogens is 330 g/mol. The number of hydrogen-bond acceptors (Lipinski definition) is 4. The van der Waals surface area contributed by atoms with Gasteiger partial charge in [-0.25, -0.2) is 4.98 Å². The van der Waals surface area contributed by atoms with Crippen LogP contribution < -0.4 is 5.56 Å². The van der Waals surface area contributed by atoms with Gasteiger partial charge in [0.1, 0.15) is 5.65 Å². The monoisotopic (exact) mass is 347 g/mol. The SMILES string of the molecule is Cc1ccc2nc(CSc3cc(C)nc4ccccc34)cc(=O)n2c1. The maximum Gasteiger partial charge on any atom is 0.258 e. The summed E-state index contributed by atoms with van der Waals surface area (Å²) in [7, 11) is 0. The zero-order valence-electron chi connectivity index (χ0n) is 14.1. The highest BCUT2D eigenvalue weighted by atomic mass is 32.2. The van der Waals surface area contributed by atoms with Crippen molar-refractivity contribution in [1.82, 2.24) is 14.4 Å². The summed E-state index contributed by atoms with van der Waals surface area (Å²) in [6, 6.07) is 15.7. The average molecular weight is 347 g/mol. The van der Waals surface area contributed by atoms with Crippen molar-refractivity contribution in [2.45, 2.75) is 24.5 Å². The number of hydrogen-bond donors (Lipinski definition) is 0. The van der Waals surface area contributed by atoms with Crippen molar-refractivity contribution in [3.05, 3.63) is 82.0 Å². The van der Waals surface area contributed by atoms with Crippen LogP contribution in [0.5, 0.6) is 0 Å². The second-order valence-corrected chi connectivity index (χ2v) is 7.11. The van der Waals surface area contributed by atoms with Crippen LogP contribution >= 0.6 is 11.8 Å². The molecule has 0 aliphatic rings. The largest absolute Gasteiger partial charge is 0.269 e. The van der Waals surface area contributed by atoms with Gasteiger partial charge in [0.15, 0.2) is 0 Å². The van der Waals surface area contributed by atoms with Gasteiger partial charge in [0.2, 0.25) is 0 Å². The van der Waals surface area contributed by atoms with Crippen LogP contribution in [0, 0.1) is 13.8 Å². The van der Waals surface area contributed by atoms with Crippen LogP contribution in [0.15, 0.2) is 64.4 Å². The van der Waals surface area contributed by atoms with Crippen LogP contribution in [-0.4, -0.2) is 14.4 Å². The molecule has 1 aromatic carbocycles. The fourth-order valence-electron chi connectivity index (χ4n) is 2.87. The number of benzene rings is 1. The van der Waals surface area contributed by atoms with E-state index in [9.17, 15) is 4.79 Å². The highest BCUT2D eigenvalue weighted by molar-refractivity contribution is 7.98. The van der Waals surface area contributed by atoms with E-state index < -0.39 is 0 Å². The van der Waals surface area contributed by atoms with Gasteiger partial charge in [-0.3, -0.25) is 14.2 Å². The van der Waals surface area contributed by atoms with Crippen molar-refractivity contribution in [3.8, 4) is 0 Å². The van der Waals surface area contributed by atoms with Gasteiger partial charge < -0.3 is 0 Å². The van der Waals surface area contributed by atoms with Crippen LogP contribution in [-0.2, 0) is 5.75 Å². The summed E-state index contributed by atoms with van der Waals surface area (Å²) < 4.78 is 1.59. The van der Waals surface area contributed by atoms with Gasteiger partial charge in [0, 0.05) is 34.0 Å². The maximum absolute atomic E-state index is 12.3. The van der Waals surface area contributed by atoms with Crippen LogP contribution in [0.3, 0.4) is 0 Å². The molecule has 0 aliphatic carbocycles. The van der Waals surface area contributed by atoms with Crippen molar-refractivity contribution in [2.24, 2.45) is 0 Å². The van der Waals surface area contributed by atoms with Gasteiger partial charge in [-0.2, -0.15) is 0 Å². The minimum absolute atomic E-state index is 0.0416. The number of aromatic nitrogens is 3. The lowest BCUT2D eigenvalue weighted by Crippen LogP contribution is -2.15. The van der Waals surface area contributed by atoms with E-state index in [1.807, 2.05) is 50.4 Å². The number of thioether (sulfide) groups is 1. The Bertz CT molecular complexity index is 1150. The van der Waals surface area contributed by atoms with Crippen molar-refractivity contribution in [2.75, 3.05) is 0 Å². The molecule has 3 aromatic heterocycles. The molecule has 4 rings (SSSR count). The van der Waals surface area contributed by atoms with Crippen LogP contribution in [0.4, 0.5) is 0 Å². The smallest absolute Gasteiger partial charge is 0.258 e. The fourth-order valence-corrected chi connectivity index (χ4v) is 3.91. The van der Waals surface area contributed by atoms with Crippen molar-refractivity contribution in [1.29, 1.82) is 0 Å². The van der Waals surface area contributed by atoms with Crippen molar-refractivity contribution < 1.29 is 0 Å². The Morgan fingerprint density at radius 1 is 1.04 bits per heavy atom. The molecule has 124 valence electrons. The third kappa shape index (κ3) is 3.15. The summed E-state index contributed by atoms with van der Waals surface area (Å²) in [6.07, 6.45) is 1.82. The Morgan fingerprint density at radius 2 is 1.88 bits per heavy atom. The second kappa shape index (κ2) is 6.33. The molecule has 0 amide bonds. The summed E-state index contributed by atoms with van der Waals surface area (Å²) in [5.74, 6) is 0.646. The quantitative estimate of drug-likeness (QED) is 0.522. The van der Waals surface area contributed by atoms with E-state index in [0.29, 0.717) is 11.4 Å². The zero-order valence-corrected chi connectivity index (χ0v) is 14.9. The molecule has 4 aromatic rings. The highest BCUT2D eigenvalue weighted by Gasteiger charge is 2.07. The Hall–Kier alpha value is -2.66. The Balaban J connectivity index is 1.69. The first-order valence-electron chi connectivity index (χ1n) is 8.08. The normalized spacial score (nSPS) is 11.3. The molecule has 0 saturated carbocycles. The maximum atomic E-state index is 12.3. The topological polar surface area (TPSA) is 47.3 Å². The van der Waals surface area contributed by atoms with Crippen molar-refractivity contribution >= 4 is 28.3 Å². The molecule has 0 atom stereocenters. The third-order valence-electron chi connectivity index (χ3n) is 4.04. The summed E-state index contributed by atoms with van der Waals surface area (Å²) in [5.41, 5.74) is 4.45. The summed E-state index contributed by atoms with van der Waals surface area (Å²) >= 11 is 1.69. The van der Waals surface area contributed by atoms with Gasteiger partial charge in [-0.1, -0.05) is 24.3 Å². The first kappa shape index (κ1) is 15.8. The lowest BCUT2D eigenvalue weighted by molar-refractivity contribution is 1.00. The molecule has 0 fully saturated rings. The number of para-hydroxylation sites is 1. The summed E-state index contributed by atoms with van der Waals surface area (Å²) in [4.78, 5) is 22.7. The van der Waals surface area contributed by atoms with E-state index in [1.165, 1.54) is 0 Å². The number of fused-ring (bicyclic) bond motifs is 2. The highest BCUT2D eigenvalue weighted by Crippen LogP contribution is 2.29. The Labute approximate surface area is 149 Å². The minimum Gasteiger partial charge on any atom is -0.269 e. The minimum atomic E-state index is -0.0416. The molecule has 0 saturated heterocycles. The van der Waals surface area contributed by atoms with E-state index in [-0.39, 0.29) is 5.56 Å². The summed E-state index contributed by atoms with van der Waals surface area (Å²) in [5, 5.41) is 1.13. The molecule has 4 nitrogen and oxygen atoms in total. The number of nitrogens with zero attached hydrogens (tertiary/aromatic N) is 3. The molecule has 0 N–H and O–H groups in total. The Kier molecular flexibility index (Phi) is 4.01. The molecule has 0 aliphatic heterocycles. The molecule has 0 radical (unpaired) electrons. The third-order valence-corrected chi connectivity index (χ3v) is 5.13. The van der Waals surface area contributed by atoms with Gasteiger partial charge in [0.25, 0.3) is 5.56 Å². The van der Waals surface area contributed by atoms with E-state index in [4.69, 9.17) is 0 Å². The average Bonchev–Trinajstić information content (AvgIpc) is 2.60. The zero-order chi connectivity index (χ0) is 17.4. The van der Waals surface area contributed by atoms with Crippen molar-refractivity contribution in [3.63, 3.8) is 0 Å². The number of aryl methyl sites for hydroxylation is 2. The first-order valence-corrected chi connectivity index (χ1v) is 9.07. The molecule has 0 bridgehead atoms. The van der Waals surface area contributed by atoms with E-state index in [2.05, 4.69) is 22.1 Å². The van der Waals surface area contributed by atoms with E-state index >= 15 is 0 Å². The number of pyridine rings is 2. The fraction of sp³-hybridized carbons (Fsp3) is 0.150. The van der Waals surface area contributed by atoms with Crippen LogP contribution in [0.2, 0.25) is 0 Å². The van der Waals surface area contributed by atoms with E-state index in [1.54, 1.807) is 22.2 Å². The van der Waals surface area contributed by atoms with Crippen LogP contribution in [0.25, 0.3) is 16.6 Å². The van der Waals surface area contributed by atoms with Crippen LogP contribution in [0.1, 0.15) is 17.0 Å². The molecule has 0 unspecified atom stereocenters. The molecule has 0 spiro atoms. The predicted molar refractivity (Wildman–Crippen MR) is 102 cm³/mol.